The van der Waals surface area contributed by atoms with Gasteiger partial charge in [0, 0.05) is 30.8 Å². The van der Waals surface area contributed by atoms with E-state index in [1.165, 1.54) is 4.90 Å². The summed E-state index contributed by atoms with van der Waals surface area (Å²) in [6, 6.07) is 10.5. The minimum atomic E-state index is -1.02. The van der Waals surface area contributed by atoms with Gasteiger partial charge in [0.1, 0.15) is 16.9 Å². The van der Waals surface area contributed by atoms with E-state index in [9.17, 15) is 14.9 Å². The molecule has 1 unspecified atom stereocenters. The van der Waals surface area contributed by atoms with Crippen molar-refractivity contribution >= 4 is 33.5 Å². The smallest absolute Gasteiger partial charge is 0.338 e. The number of nitro groups is 1. The number of esters is 1. The van der Waals surface area contributed by atoms with Crippen molar-refractivity contribution in [2.24, 2.45) is 5.73 Å². The van der Waals surface area contributed by atoms with E-state index in [4.69, 9.17) is 22.1 Å². The molecule has 0 amide bonds. The summed E-state index contributed by atoms with van der Waals surface area (Å²) in [5, 5.41) is 13.0. The Kier molecular flexibility index (Phi) is 8.74. The Morgan fingerprint density at radius 1 is 1.29 bits per heavy atom. The quantitative estimate of drug-likeness (QED) is 0.203. The van der Waals surface area contributed by atoms with Crippen molar-refractivity contribution in [1.82, 2.24) is 14.8 Å². The lowest BCUT2D eigenvalue weighted by Crippen LogP contribution is -2.43. The van der Waals surface area contributed by atoms with Crippen LogP contribution in [0.3, 0.4) is 0 Å². The standard InChI is InChI=1S/C24H27BrClN5O4/c1-4-12-35-24(32)20-19(16-7-9-17(25)10-8-16)21(31(33)34)23(29(3)22(20)27)30(5-2)14-15-6-11-18(26)28-13-15/h6-11,13,19H,4-5,12,14,27H2,1-3H3. The summed E-state index contributed by atoms with van der Waals surface area (Å²) in [5.41, 5.74) is 7.75. The third-order valence-corrected chi connectivity index (χ3v) is 6.40. The molecular formula is C24H27BrClN5O4. The number of pyridine rings is 1. The molecule has 3 rings (SSSR count). The molecule has 0 aliphatic carbocycles. The van der Waals surface area contributed by atoms with Gasteiger partial charge >= 0.3 is 5.97 Å². The van der Waals surface area contributed by atoms with Crippen LogP contribution in [0.25, 0.3) is 0 Å². The van der Waals surface area contributed by atoms with Crippen LogP contribution in [0.4, 0.5) is 0 Å². The monoisotopic (exact) mass is 563 g/mol. The van der Waals surface area contributed by atoms with Gasteiger partial charge < -0.3 is 20.3 Å². The molecule has 0 saturated heterocycles. The molecule has 1 aliphatic heterocycles. The van der Waals surface area contributed by atoms with Crippen molar-refractivity contribution in [1.29, 1.82) is 0 Å². The van der Waals surface area contributed by atoms with Gasteiger partial charge in [-0.2, -0.15) is 0 Å². The maximum Gasteiger partial charge on any atom is 0.338 e. The van der Waals surface area contributed by atoms with Crippen LogP contribution in [-0.2, 0) is 16.1 Å². The van der Waals surface area contributed by atoms with Crippen molar-refractivity contribution in [3.05, 3.63) is 96.4 Å². The second-order valence-corrected chi connectivity index (χ2v) is 9.25. The molecule has 0 saturated carbocycles. The predicted octanol–water partition coefficient (Wildman–Crippen LogP) is 4.62. The minimum Gasteiger partial charge on any atom is -0.462 e. The summed E-state index contributed by atoms with van der Waals surface area (Å²) in [7, 11) is 1.61. The van der Waals surface area contributed by atoms with Crippen LogP contribution in [0, 0.1) is 10.1 Å². The van der Waals surface area contributed by atoms with Gasteiger partial charge in [-0.25, -0.2) is 9.78 Å². The lowest BCUT2D eigenvalue weighted by molar-refractivity contribution is -0.433. The first kappa shape index (κ1) is 26.5. The number of nitrogens with zero attached hydrogens (tertiary/aromatic N) is 4. The highest BCUT2D eigenvalue weighted by Crippen LogP contribution is 2.42. The maximum atomic E-state index is 13.1. The SMILES string of the molecule is CCCOC(=O)C1=C(N)N(C)C(N(CC)Cc2ccc(Cl)nc2)=C([N+](=O)[O-])C1c1ccc(Br)cc1. The molecule has 2 aromatic rings. The first-order valence-electron chi connectivity index (χ1n) is 11.1. The second-order valence-electron chi connectivity index (χ2n) is 7.95. The molecule has 9 nitrogen and oxygen atoms in total. The van der Waals surface area contributed by atoms with Crippen molar-refractivity contribution in [3.63, 3.8) is 0 Å². The summed E-state index contributed by atoms with van der Waals surface area (Å²) >= 11 is 9.31. The molecule has 0 spiro atoms. The molecule has 1 aromatic carbocycles. The van der Waals surface area contributed by atoms with Crippen LogP contribution in [0.15, 0.2) is 70.0 Å². The van der Waals surface area contributed by atoms with Gasteiger partial charge in [0.15, 0.2) is 5.82 Å². The van der Waals surface area contributed by atoms with Crippen molar-refractivity contribution in [2.45, 2.75) is 32.7 Å². The maximum absolute atomic E-state index is 13.1. The number of rotatable bonds is 9. The van der Waals surface area contributed by atoms with E-state index in [0.717, 1.165) is 10.0 Å². The van der Waals surface area contributed by atoms with E-state index < -0.39 is 16.8 Å². The summed E-state index contributed by atoms with van der Waals surface area (Å²) in [6.45, 7) is 4.71. The number of hydrogen-bond donors (Lipinski definition) is 1. The molecule has 2 N–H and O–H groups in total. The van der Waals surface area contributed by atoms with Gasteiger partial charge in [0.2, 0.25) is 0 Å². The Bertz CT molecular complexity index is 1150. The number of hydrogen-bond acceptors (Lipinski definition) is 8. The Labute approximate surface area is 217 Å². The molecule has 1 aromatic heterocycles. The van der Waals surface area contributed by atoms with Crippen molar-refractivity contribution < 1.29 is 14.5 Å². The largest absolute Gasteiger partial charge is 0.462 e. The normalized spacial score (nSPS) is 15.9. The number of carbonyl (C=O) groups excluding carboxylic acids is 1. The number of nitrogens with two attached hydrogens (primary N) is 1. The fraction of sp³-hybridized carbons (Fsp3) is 0.333. The number of halogens is 2. The fourth-order valence-electron chi connectivity index (χ4n) is 3.97. The Hall–Kier alpha value is -3.11. The average molecular weight is 565 g/mol. The molecule has 2 heterocycles. The summed E-state index contributed by atoms with van der Waals surface area (Å²) < 4.78 is 6.19. The van der Waals surface area contributed by atoms with E-state index >= 15 is 0 Å². The number of benzene rings is 1. The topological polar surface area (TPSA) is 115 Å². The lowest BCUT2D eigenvalue weighted by atomic mass is 9.85. The summed E-state index contributed by atoms with van der Waals surface area (Å²) in [6.07, 6.45) is 2.23. The summed E-state index contributed by atoms with van der Waals surface area (Å²) in [5.74, 6) is -1.30. The number of ether oxygens (including phenoxy) is 1. The van der Waals surface area contributed by atoms with E-state index in [0.29, 0.717) is 36.0 Å². The molecular weight excluding hydrogens is 538 g/mol. The summed E-state index contributed by atoms with van der Waals surface area (Å²) in [4.78, 5) is 32.7. The van der Waals surface area contributed by atoms with Crippen LogP contribution in [0.2, 0.25) is 5.15 Å². The van der Waals surface area contributed by atoms with Crippen LogP contribution in [0.1, 0.15) is 37.3 Å². The number of aromatic nitrogens is 1. The zero-order valence-corrected chi connectivity index (χ0v) is 22.0. The van der Waals surface area contributed by atoms with Gasteiger partial charge in [0.25, 0.3) is 5.70 Å². The highest BCUT2D eigenvalue weighted by molar-refractivity contribution is 9.10. The molecule has 0 radical (unpaired) electrons. The zero-order valence-electron chi connectivity index (χ0n) is 19.7. The Balaban J connectivity index is 2.21. The highest BCUT2D eigenvalue weighted by Gasteiger charge is 2.46. The Morgan fingerprint density at radius 2 is 1.97 bits per heavy atom. The molecule has 11 heteroatoms. The van der Waals surface area contributed by atoms with Gasteiger partial charge in [-0.1, -0.05) is 52.7 Å². The fourth-order valence-corrected chi connectivity index (χ4v) is 4.35. The number of allylic oxidation sites excluding steroid dienone is 1. The first-order valence-corrected chi connectivity index (χ1v) is 12.3. The van der Waals surface area contributed by atoms with Crippen molar-refractivity contribution in [2.75, 3.05) is 20.2 Å². The molecule has 1 aliphatic rings. The van der Waals surface area contributed by atoms with Crippen molar-refractivity contribution in [3.8, 4) is 0 Å². The van der Waals surface area contributed by atoms with Gasteiger partial charge in [-0.15, -0.1) is 0 Å². The van der Waals surface area contributed by atoms with Crippen LogP contribution >= 0.6 is 27.5 Å². The van der Waals surface area contributed by atoms with E-state index in [-0.39, 0.29) is 23.7 Å². The molecule has 0 fully saturated rings. The van der Waals surface area contributed by atoms with E-state index in [1.54, 1.807) is 43.6 Å². The van der Waals surface area contributed by atoms with Gasteiger partial charge in [-0.3, -0.25) is 10.1 Å². The molecule has 186 valence electrons. The Morgan fingerprint density at radius 3 is 2.51 bits per heavy atom. The lowest BCUT2D eigenvalue weighted by Gasteiger charge is -2.38. The van der Waals surface area contributed by atoms with Crippen LogP contribution in [-0.4, -0.2) is 45.9 Å². The van der Waals surface area contributed by atoms with E-state index in [2.05, 4.69) is 20.9 Å². The zero-order chi connectivity index (χ0) is 25.7. The first-order chi connectivity index (χ1) is 16.7. The average Bonchev–Trinajstić information content (AvgIpc) is 2.84. The highest BCUT2D eigenvalue weighted by atomic mass is 79.9. The molecule has 35 heavy (non-hydrogen) atoms. The predicted molar refractivity (Wildman–Crippen MR) is 136 cm³/mol. The van der Waals surface area contributed by atoms with Crippen LogP contribution in [0.5, 0.6) is 0 Å². The van der Waals surface area contributed by atoms with E-state index in [1.807, 2.05) is 24.8 Å². The molecule has 1 atom stereocenters. The number of carbonyl (C=O) groups is 1. The third-order valence-electron chi connectivity index (χ3n) is 5.65. The second kappa shape index (κ2) is 11.5. The van der Waals surface area contributed by atoms with Gasteiger partial charge in [-0.05, 0) is 42.7 Å². The van der Waals surface area contributed by atoms with Gasteiger partial charge in [0.05, 0.1) is 17.1 Å². The minimum absolute atomic E-state index is 0.0444. The molecule has 0 bridgehead atoms. The third kappa shape index (κ3) is 5.76. The van der Waals surface area contributed by atoms with Crippen LogP contribution < -0.4 is 5.73 Å².